The maximum atomic E-state index is 13.2. The van der Waals surface area contributed by atoms with Gasteiger partial charge in [-0.3, -0.25) is 14.2 Å². The van der Waals surface area contributed by atoms with Gasteiger partial charge < -0.3 is 10.1 Å². The van der Waals surface area contributed by atoms with Gasteiger partial charge in [0.15, 0.2) is 5.16 Å². The molecule has 0 bridgehead atoms. The van der Waals surface area contributed by atoms with Crippen molar-refractivity contribution in [3.05, 3.63) is 20.8 Å². The summed E-state index contributed by atoms with van der Waals surface area (Å²) in [5, 5.41) is 4.33. The molecule has 0 aliphatic heterocycles. The summed E-state index contributed by atoms with van der Waals surface area (Å²) in [6.45, 7) is 4.90. The van der Waals surface area contributed by atoms with Gasteiger partial charge in [-0.2, -0.15) is 0 Å². The molecule has 0 saturated carbocycles. The Balaban J connectivity index is 1.93. The Labute approximate surface area is 167 Å². The van der Waals surface area contributed by atoms with Crippen LogP contribution >= 0.6 is 23.1 Å². The molecule has 0 saturated heterocycles. The molecule has 1 N–H and O–H groups in total. The Morgan fingerprint density at radius 2 is 2.19 bits per heavy atom. The van der Waals surface area contributed by atoms with Crippen molar-refractivity contribution in [3.63, 3.8) is 0 Å². The van der Waals surface area contributed by atoms with E-state index < -0.39 is 0 Å². The molecule has 2 aromatic rings. The number of hydrogen-bond acceptors (Lipinski definition) is 6. The third-order valence-corrected chi connectivity index (χ3v) is 7.07. The van der Waals surface area contributed by atoms with Gasteiger partial charge in [0, 0.05) is 18.0 Å². The SMILES string of the molecule is CCC(C)NC(=O)CSc1nc2sc3c(c2c(=O)n1CCOC)CCCC3. The third kappa shape index (κ3) is 4.55. The number of amides is 1. The summed E-state index contributed by atoms with van der Waals surface area (Å²) >= 11 is 2.96. The average Bonchev–Trinajstić information content (AvgIpc) is 3.04. The molecule has 1 unspecified atom stereocenters. The van der Waals surface area contributed by atoms with Gasteiger partial charge in [0.25, 0.3) is 5.56 Å². The number of carbonyl (C=O) groups excluding carboxylic acids is 1. The summed E-state index contributed by atoms with van der Waals surface area (Å²) in [4.78, 5) is 32.3. The minimum atomic E-state index is -0.0348. The number of hydrogen-bond donors (Lipinski definition) is 1. The van der Waals surface area contributed by atoms with Gasteiger partial charge in [0.1, 0.15) is 4.83 Å². The number of fused-ring (bicyclic) bond motifs is 3. The summed E-state index contributed by atoms with van der Waals surface area (Å²) in [5.41, 5.74) is 1.19. The third-order valence-electron chi connectivity index (χ3n) is 4.91. The molecule has 1 aliphatic rings. The van der Waals surface area contributed by atoms with Gasteiger partial charge in [0.05, 0.1) is 24.3 Å². The number of aryl methyl sites for hydroxylation is 2. The molecule has 1 amide bonds. The summed E-state index contributed by atoms with van der Waals surface area (Å²) in [6, 6.07) is 0.147. The van der Waals surface area contributed by atoms with Crippen molar-refractivity contribution in [1.29, 1.82) is 0 Å². The van der Waals surface area contributed by atoms with Gasteiger partial charge in [-0.1, -0.05) is 18.7 Å². The molecule has 2 aromatic heterocycles. The maximum Gasteiger partial charge on any atom is 0.263 e. The molecule has 2 heterocycles. The van der Waals surface area contributed by atoms with Crippen molar-refractivity contribution in [2.75, 3.05) is 19.5 Å². The van der Waals surface area contributed by atoms with Gasteiger partial charge in [-0.05, 0) is 44.6 Å². The van der Waals surface area contributed by atoms with Crippen LogP contribution in [0.15, 0.2) is 9.95 Å². The number of ether oxygens (including phenoxy) is 1. The molecule has 148 valence electrons. The first kappa shape index (κ1) is 20.4. The first-order chi connectivity index (χ1) is 13.0. The van der Waals surface area contributed by atoms with Crippen LogP contribution in [0.2, 0.25) is 0 Å². The zero-order valence-electron chi connectivity index (χ0n) is 16.2. The molecule has 1 atom stereocenters. The van der Waals surface area contributed by atoms with Crippen LogP contribution in [0.3, 0.4) is 0 Å². The van der Waals surface area contributed by atoms with Crippen LogP contribution in [0, 0.1) is 0 Å². The van der Waals surface area contributed by atoms with E-state index in [4.69, 9.17) is 9.72 Å². The van der Waals surface area contributed by atoms with E-state index in [1.807, 2.05) is 13.8 Å². The Hall–Kier alpha value is -1.38. The number of carbonyl (C=O) groups is 1. The largest absolute Gasteiger partial charge is 0.383 e. The summed E-state index contributed by atoms with van der Waals surface area (Å²) < 4.78 is 6.86. The quantitative estimate of drug-likeness (QED) is 0.536. The van der Waals surface area contributed by atoms with E-state index in [1.165, 1.54) is 28.6 Å². The zero-order valence-corrected chi connectivity index (χ0v) is 17.8. The predicted octanol–water partition coefficient (Wildman–Crippen LogP) is 2.99. The number of aromatic nitrogens is 2. The Morgan fingerprint density at radius 3 is 2.93 bits per heavy atom. The summed E-state index contributed by atoms with van der Waals surface area (Å²) in [5.74, 6) is 0.216. The van der Waals surface area contributed by atoms with Crippen LogP contribution < -0.4 is 10.9 Å². The lowest BCUT2D eigenvalue weighted by Crippen LogP contribution is -2.33. The number of nitrogens with one attached hydrogen (secondary N) is 1. The number of thiophene rings is 1. The van der Waals surface area contributed by atoms with Crippen LogP contribution in [0.4, 0.5) is 0 Å². The molecule has 6 nitrogen and oxygen atoms in total. The highest BCUT2D eigenvalue weighted by molar-refractivity contribution is 7.99. The van der Waals surface area contributed by atoms with Crippen molar-refractivity contribution < 1.29 is 9.53 Å². The molecule has 27 heavy (non-hydrogen) atoms. The molecule has 3 rings (SSSR count). The van der Waals surface area contributed by atoms with Crippen LogP contribution in [0.25, 0.3) is 10.2 Å². The van der Waals surface area contributed by atoms with Crippen LogP contribution in [-0.2, 0) is 28.9 Å². The number of nitrogens with zero attached hydrogens (tertiary/aromatic N) is 2. The van der Waals surface area contributed by atoms with Crippen molar-refractivity contribution in [3.8, 4) is 0 Å². The zero-order chi connectivity index (χ0) is 19.4. The lowest BCUT2D eigenvalue weighted by Gasteiger charge is -2.14. The molecule has 8 heteroatoms. The molecule has 0 fully saturated rings. The average molecular weight is 410 g/mol. The first-order valence-electron chi connectivity index (χ1n) is 9.51. The Kier molecular flexibility index (Phi) is 6.94. The van der Waals surface area contributed by atoms with Gasteiger partial charge in [-0.15, -0.1) is 11.3 Å². The monoisotopic (exact) mass is 409 g/mol. The number of methoxy groups -OCH3 is 1. The van der Waals surface area contributed by atoms with Crippen LogP contribution in [0.1, 0.15) is 43.6 Å². The van der Waals surface area contributed by atoms with Gasteiger partial charge in [0.2, 0.25) is 5.91 Å². The normalized spacial score (nSPS) is 14.9. The van der Waals surface area contributed by atoms with Crippen molar-refractivity contribution in [1.82, 2.24) is 14.9 Å². The highest BCUT2D eigenvalue weighted by Gasteiger charge is 2.22. The molecule has 0 aromatic carbocycles. The maximum absolute atomic E-state index is 13.2. The van der Waals surface area contributed by atoms with E-state index in [0.717, 1.165) is 35.9 Å². The highest BCUT2D eigenvalue weighted by atomic mass is 32.2. The Bertz CT molecular complexity index is 875. The van der Waals surface area contributed by atoms with E-state index in [0.29, 0.717) is 18.3 Å². The van der Waals surface area contributed by atoms with Crippen LogP contribution in [0.5, 0.6) is 0 Å². The van der Waals surface area contributed by atoms with Gasteiger partial charge in [-0.25, -0.2) is 4.98 Å². The number of thioether (sulfide) groups is 1. The molecule has 1 aliphatic carbocycles. The lowest BCUT2D eigenvalue weighted by atomic mass is 9.97. The summed E-state index contributed by atoms with van der Waals surface area (Å²) in [6.07, 6.45) is 5.19. The fourth-order valence-electron chi connectivity index (χ4n) is 3.26. The van der Waals surface area contributed by atoms with E-state index in [1.54, 1.807) is 23.0 Å². The van der Waals surface area contributed by atoms with Crippen molar-refractivity contribution in [2.24, 2.45) is 0 Å². The molecule has 0 radical (unpaired) electrons. The van der Waals surface area contributed by atoms with Crippen molar-refractivity contribution >= 4 is 39.2 Å². The number of rotatable bonds is 8. The van der Waals surface area contributed by atoms with E-state index in [2.05, 4.69) is 5.32 Å². The second-order valence-corrected chi connectivity index (χ2v) is 8.93. The molecule has 0 spiro atoms. The molecular weight excluding hydrogens is 382 g/mol. The van der Waals surface area contributed by atoms with E-state index >= 15 is 0 Å². The standard InChI is InChI=1S/C19H27N3O3S2/c1-4-12(2)20-15(23)11-26-19-21-17-16(18(24)22(19)9-10-25-3)13-7-5-6-8-14(13)27-17/h12H,4-11H2,1-3H3,(H,20,23). The van der Waals surface area contributed by atoms with E-state index in [9.17, 15) is 9.59 Å². The smallest absolute Gasteiger partial charge is 0.263 e. The fraction of sp³-hybridized carbons (Fsp3) is 0.632. The fourth-order valence-corrected chi connectivity index (χ4v) is 5.40. The van der Waals surface area contributed by atoms with Crippen molar-refractivity contribution in [2.45, 2.75) is 63.7 Å². The minimum absolute atomic E-state index is 0.00119. The Morgan fingerprint density at radius 1 is 1.41 bits per heavy atom. The lowest BCUT2D eigenvalue weighted by molar-refractivity contribution is -0.119. The van der Waals surface area contributed by atoms with Crippen LogP contribution in [-0.4, -0.2) is 41.0 Å². The minimum Gasteiger partial charge on any atom is -0.383 e. The second-order valence-electron chi connectivity index (χ2n) is 6.90. The summed E-state index contributed by atoms with van der Waals surface area (Å²) in [7, 11) is 1.62. The first-order valence-corrected chi connectivity index (χ1v) is 11.3. The molecular formula is C19H27N3O3S2. The highest BCUT2D eigenvalue weighted by Crippen LogP contribution is 2.34. The van der Waals surface area contributed by atoms with E-state index in [-0.39, 0.29) is 23.3 Å². The predicted molar refractivity (Wildman–Crippen MR) is 111 cm³/mol. The van der Waals surface area contributed by atoms with Gasteiger partial charge >= 0.3 is 0 Å². The second kappa shape index (κ2) is 9.21. The topological polar surface area (TPSA) is 73.2 Å².